The lowest BCUT2D eigenvalue weighted by Crippen LogP contribution is -2.10. The van der Waals surface area contributed by atoms with E-state index in [9.17, 15) is 4.79 Å². The molecule has 4 rings (SSSR count). The molecule has 0 saturated carbocycles. The average Bonchev–Trinajstić information content (AvgIpc) is 3.49. The summed E-state index contributed by atoms with van der Waals surface area (Å²) in [5, 5.41) is 12.0. The van der Waals surface area contributed by atoms with Crippen molar-refractivity contribution in [3.8, 4) is 11.5 Å². The van der Waals surface area contributed by atoms with Crippen LogP contribution in [-0.2, 0) is 9.53 Å². The number of hydrogen-bond acceptors (Lipinski definition) is 7. The molecule has 140 valence electrons. The van der Waals surface area contributed by atoms with Crippen molar-refractivity contribution in [3.05, 3.63) is 81.0 Å². The van der Waals surface area contributed by atoms with Gasteiger partial charge in [0, 0.05) is 15.3 Å². The first-order chi connectivity index (χ1) is 13.7. The molecule has 7 heteroatoms. The van der Waals surface area contributed by atoms with Crippen LogP contribution >= 0.6 is 22.7 Å². The molecule has 0 saturated heterocycles. The van der Waals surface area contributed by atoms with Crippen LogP contribution in [0.15, 0.2) is 69.8 Å². The van der Waals surface area contributed by atoms with Crippen molar-refractivity contribution >= 4 is 40.3 Å². The summed E-state index contributed by atoms with van der Waals surface area (Å²) >= 11 is 3.05. The highest BCUT2D eigenvalue weighted by molar-refractivity contribution is 7.12. The summed E-state index contributed by atoms with van der Waals surface area (Å²) in [6, 6.07) is 17.2. The second-order valence-electron chi connectivity index (χ2n) is 5.91. The Morgan fingerprint density at radius 2 is 1.82 bits per heavy atom. The second-order valence-corrected chi connectivity index (χ2v) is 7.84. The molecular formula is C21H16N2O3S2. The number of thiophene rings is 2. The number of carbonyl (C=O) groups excluding carboxylic acids is 1. The fourth-order valence-electron chi connectivity index (χ4n) is 2.55. The number of rotatable bonds is 6. The number of benzene rings is 1. The summed E-state index contributed by atoms with van der Waals surface area (Å²) in [4.78, 5) is 14.7. The summed E-state index contributed by atoms with van der Waals surface area (Å²) in [5.74, 6) is 0.225. The molecule has 0 bridgehead atoms. The van der Waals surface area contributed by atoms with Gasteiger partial charge < -0.3 is 9.15 Å². The zero-order valence-corrected chi connectivity index (χ0v) is 16.6. The van der Waals surface area contributed by atoms with E-state index in [1.807, 2.05) is 71.4 Å². The average molecular weight is 409 g/mol. The molecule has 28 heavy (non-hydrogen) atoms. The Balaban J connectivity index is 1.54. The van der Waals surface area contributed by atoms with Gasteiger partial charge in [-0.05, 0) is 48.0 Å². The molecule has 0 unspecified atom stereocenters. The quantitative estimate of drug-likeness (QED) is 0.302. The molecule has 3 heterocycles. The van der Waals surface area contributed by atoms with E-state index in [2.05, 4.69) is 10.2 Å². The molecule has 3 aromatic heterocycles. The van der Waals surface area contributed by atoms with Gasteiger partial charge in [-0.3, -0.25) is 0 Å². The Labute approximate surface area is 169 Å². The molecule has 0 amide bonds. The molecule has 1 aromatic carbocycles. The highest BCUT2D eigenvalue weighted by atomic mass is 32.1. The number of ether oxygens (including phenoxy) is 1. The lowest BCUT2D eigenvalue weighted by Gasteiger charge is -2.11. The first-order valence-corrected chi connectivity index (χ1v) is 10.4. The number of aromatic nitrogens is 2. The second kappa shape index (κ2) is 8.33. The maximum absolute atomic E-state index is 12.9. The van der Waals surface area contributed by atoms with Gasteiger partial charge in [0.25, 0.3) is 5.89 Å². The summed E-state index contributed by atoms with van der Waals surface area (Å²) in [7, 11) is 0. The molecular weight excluding hydrogens is 392 g/mol. The minimum absolute atomic E-state index is 0.258. The molecule has 0 aliphatic heterocycles. The predicted octanol–water partition coefficient (Wildman–Crippen LogP) is 5.70. The van der Waals surface area contributed by atoms with Crippen LogP contribution in [0.1, 0.15) is 28.7 Å². The molecule has 0 radical (unpaired) electrons. The minimum atomic E-state index is -0.663. The molecule has 1 atom stereocenters. The lowest BCUT2D eigenvalue weighted by molar-refractivity contribution is -0.142. The maximum Gasteiger partial charge on any atom is 0.340 e. The van der Waals surface area contributed by atoms with Gasteiger partial charge in [-0.25, -0.2) is 4.79 Å². The van der Waals surface area contributed by atoms with Gasteiger partial charge >= 0.3 is 5.97 Å². The highest BCUT2D eigenvalue weighted by Gasteiger charge is 2.22. The van der Waals surface area contributed by atoms with E-state index in [0.29, 0.717) is 11.5 Å². The van der Waals surface area contributed by atoms with Gasteiger partial charge in [-0.1, -0.05) is 30.3 Å². The fraction of sp³-hybridized carbons (Fsp3) is 0.0952. The van der Waals surface area contributed by atoms with E-state index in [4.69, 9.17) is 9.15 Å². The van der Waals surface area contributed by atoms with Gasteiger partial charge in [0.15, 0.2) is 6.10 Å². The van der Waals surface area contributed by atoms with Crippen molar-refractivity contribution in [2.24, 2.45) is 0 Å². The zero-order valence-electron chi connectivity index (χ0n) is 14.9. The largest absolute Gasteiger partial charge is 0.449 e. The summed E-state index contributed by atoms with van der Waals surface area (Å²) in [5.41, 5.74) is 1.32. The number of esters is 1. The molecule has 0 fully saturated rings. The van der Waals surface area contributed by atoms with E-state index >= 15 is 0 Å². The van der Waals surface area contributed by atoms with Crippen molar-refractivity contribution in [2.75, 3.05) is 0 Å². The summed E-state index contributed by atoms with van der Waals surface area (Å²) in [6.45, 7) is 1.72. The predicted molar refractivity (Wildman–Crippen MR) is 111 cm³/mol. The molecule has 0 aliphatic rings. The monoisotopic (exact) mass is 408 g/mol. The topological polar surface area (TPSA) is 65.2 Å². The normalized spacial score (nSPS) is 12.7. The smallest absolute Gasteiger partial charge is 0.340 e. The van der Waals surface area contributed by atoms with Crippen molar-refractivity contribution in [3.63, 3.8) is 0 Å². The Hall–Kier alpha value is -3.03. The van der Waals surface area contributed by atoms with Crippen LogP contribution < -0.4 is 0 Å². The van der Waals surface area contributed by atoms with E-state index < -0.39 is 12.1 Å². The molecule has 0 spiro atoms. The van der Waals surface area contributed by atoms with E-state index in [1.54, 1.807) is 18.3 Å². The van der Waals surface area contributed by atoms with Crippen LogP contribution in [0.25, 0.3) is 23.1 Å². The standard InChI is InChI=1S/C21H16N2O3S2/c1-14(19-22-23-20(26-19)15-7-3-2-4-8-15)25-21(24)17(18-10-6-12-28-18)13-16-9-5-11-27-16/h2-14H,1H3/b17-13+/t14-/m1/s1. The van der Waals surface area contributed by atoms with Crippen LogP contribution in [-0.4, -0.2) is 16.2 Å². The molecule has 4 aromatic rings. The Bertz CT molecular complexity index is 1070. The van der Waals surface area contributed by atoms with Crippen LogP contribution in [0.5, 0.6) is 0 Å². The van der Waals surface area contributed by atoms with Crippen LogP contribution in [0.4, 0.5) is 0 Å². The number of hydrogen-bond donors (Lipinski definition) is 0. The number of nitrogens with zero attached hydrogens (tertiary/aromatic N) is 2. The highest BCUT2D eigenvalue weighted by Crippen LogP contribution is 2.29. The molecule has 5 nitrogen and oxygen atoms in total. The zero-order chi connectivity index (χ0) is 19.3. The molecule has 0 aliphatic carbocycles. The third kappa shape index (κ3) is 4.11. The SMILES string of the molecule is C[C@@H](OC(=O)/C(=C/c1cccs1)c1cccs1)c1nnc(-c2ccccc2)o1. The first kappa shape index (κ1) is 18.3. The van der Waals surface area contributed by atoms with Gasteiger partial charge in [0.2, 0.25) is 5.89 Å². The van der Waals surface area contributed by atoms with Gasteiger partial charge in [0.1, 0.15) is 0 Å². The number of carbonyl (C=O) groups is 1. The van der Waals surface area contributed by atoms with Crippen LogP contribution in [0, 0.1) is 0 Å². The minimum Gasteiger partial charge on any atom is -0.449 e. The van der Waals surface area contributed by atoms with Crippen molar-refractivity contribution < 1.29 is 13.9 Å². The summed E-state index contributed by atoms with van der Waals surface area (Å²) in [6.07, 6.45) is 1.18. The lowest BCUT2D eigenvalue weighted by atomic mass is 10.2. The van der Waals surface area contributed by atoms with Gasteiger partial charge in [-0.15, -0.1) is 32.9 Å². The Morgan fingerprint density at radius 1 is 1.04 bits per heavy atom. The van der Waals surface area contributed by atoms with E-state index in [0.717, 1.165) is 15.3 Å². The first-order valence-electron chi connectivity index (χ1n) is 8.59. The summed E-state index contributed by atoms with van der Waals surface area (Å²) < 4.78 is 11.3. The Morgan fingerprint density at radius 3 is 2.54 bits per heavy atom. The molecule has 0 N–H and O–H groups in total. The third-order valence-corrected chi connectivity index (χ3v) is 5.65. The van der Waals surface area contributed by atoms with Crippen LogP contribution in [0.3, 0.4) is 0 Å². The van der Waals surface area contributed by atoms with Crippen LogP contribution in [0.2, 0.25) is 0 Å². The van der Waals surface area contributed by atoms with E-state index in [-0.39, 0.29) is 5.89 Å². The van der Waals surface area contributed by atoms with Gasteiger partial charge in [0.05, 0.1) is 5.57 Å². The maximum atomic E-state index is 12.9. The van der Waals surface area contributed by atoms with Crippen molar-refractivity contribution in [1.82, 2.24) is 10.2 Å². The fourth-order valence-corrected chi connectivity index (χ4v) is 3.94. The van der Waals surface area contributed by atoms with E-state index in [1.165, 1.54) is 11.3 Å². The van der Waals surface area contributed by atoms with Crippen molar-refractivity contribution in [1.29, 1.82) is 0 Å². The third-order valence-electron chi connectivity index (χ3n) is 3.93. The Kier molecular flexibility index (Phi) is 5.45. The van der Waals surface area contributed by atoms with Crippen molar-refractivity contribution in [2.45, 2.75) is 13.0 Å². The van der Waals surface area contributed by atoms with Gasteiger partial charge in [-0.2, -0.15) is 0 Å².